The normalized spacial score (nSPS) is 12.6. The van der Waals surface area contributed by atoms with Crippen molar-refractivity contribution in [3.8, 4) is 17.2 Å². The highest BCUT2D eigenvalue weighted by atomic mass is 79.9. The van der Waals surface area contributed by atoms with Gasteiger partial charge < -0.3 is 18.9 Å². The summed E-state index contributed by atoms with van der Waals surface area (Å²) in [6.45, 7) is 0.539. The van der Waals surface area contributed by atoms with Gasteiger partial charge in [-0.05, 0) is 42.2 Å². The van der Waals surface area contributed by atoms with Gasteiger partial charge in [-0.15, -0.1) is 0 Å². The van der Waals surface area contributed by atoms with E-state index in [1.54, 1.807) is 25.1 Å². The summed E-state index contributed by atoms with van der Waals surface area (Å²) in [5.41, 5.74) is -4.59. The zero-order chi connectivity index (χ0) is 25.6. The third kappa shape index (κ3) is 5.98. The van der Waals surface area contributed by atoms with Gasteiger partial charge >= 0.3 is 12.4 Å². The number of methoxy groups -OCH3 is 2. The molecule has 0 bridgehead atoms. The molecule has 0 aliphatic rings. The second kappa shape index (κ2) is 11.6. The second-order valence-corrected chi connectivity index (χ2v) is 8.11. The average Bonchev–Trinajstić information content (AvgIpc) is 2.75. The van der Waals surface area contributed by atoms with Crippen LogP contribution in [-0.2, 0) is 27.9 Å². The first kappa shape index (κ1) is 28.3. The molecule has 0 fully saturated rings. The Kier molecular flexibility index (Phi) is 9.67. The minimum Gasteiger partial charge on any atom is -0.496 e. The first-order valence-electron chi connectivity index (χ1n) is 10.3. The van der Waals surface area contributed by atoms with E-state index in [2.05, 4.69) is 25.4 Å². The summed E-state index contributed by atoms with van der Waals surface area (Å²) in [6.07, 6.45) is -10.3. The number of halogens is 7. The number of benzene rings is 2. The summed E-state index contributed by atoms with van der Waals surface area (Å²) in [5, 5.41) is 0.705. The van der Waals surface area contributed by atoms with Crippen LogP contribution in [0.3, 0.4) is 0 Å². The monoisotopic (exact) mass is 558 g/mol. The van der Waals surface area contributed by atoms with E-state index < -0.39 is 30.3 Å². The molecule has 0 atom stereocenters. The molecule has 0 aliphatic carbocycles. The number of ether oxygens (including phenoxy) is 4. The van der Waals surface area contributed by atoms with Crippen molar-refractivity contribution in [3.63, 3.8) is 0 Å². The Hall–Kier alpha value is -1.98. The topological polar surface area (TPSA) is 36.9 Å². The zero-order valence-corrected chi connectivity index (χ0v) is 20.4. The van der Waals surface area contributed by atoms with Crippen molar-refractivity contribution in [2.24, 2.45) is 0 Å². The van der Waals surface area contributed by atoms with Gasteiger partial charge in [-0.25, -0.2) is 0 Å². The fourth-order valence-electron chi connectivity index (χ4n) is 3.47. The zero-order valence-electron chi connectivity index (χ0n) is 18.8. The molecule has 0 aliphatic heterocycles. The van der Waals surface area contributed by atoms with Crippen LogP contribution < -0.4 is 9.47 Å². The van der Waals surface area contributed by atoms with Gasteiger partial charge in [-0.2, -0.15) is 26.3 Å². The standard InChI is InChI=1S/C23H25BrF6O4/c1-4-5-16-12-17(21(22(25,26)27,23(28,29)30)33-14-31-2)7-9-19(16)34-18-8-6-15(10-11-24)20(13-18)32-3/h6-9,12-13H,4-5,10-11,14H2,1-3H3. The molecular weight excluding hydrogens is 534 g/mol. The van der Waals surface area contributed by atoms with E-state index in [4.69, 9.17) is 9.47 Å². The predicted octanol–water partition coefficient (Wildman–Crippen LogP) is 7.32. The van der Waals surface area contributed by atoms with Crippen LogP contribution in [0.25, 0.3) is 0 Å². The first-order chi connectivity index (χ1) is 15.9. The molecule has 2 rings (SSSR count). The molecule has 0 spiro atoms. The molecule has 11 heteroatoms. The summed E-state index contributed by atoms with van der Waals surface area (Å²) in [7, 11) is 2.43. The summed E-state index contributed by atoms with van der Waals surface area (Å²) in [5.74, 6) is 1.01. The van der Waals surface area contributed by atoms with Crippen molar-refractivity contribution >= 4 is 15.9 Å². The molecule has 34 heavy (non-hydrogen) atoms. The predicted molar refractivity (Wildman–Crippen MR) is 118 cm³/mol. The lowest BCUT2D eigenvalue weighted by Crippen LogP contribution is -2.56. The Balaban J connectivity index is 2.57. The molecule has 2 aromatic rings. The molecule has 0 saturated heterocycles. The summed E-state index contributed by atoms with van der Waals surface area (Å²) >= 11 is 3.35. The fourth-order valence-corrected chi connectivity index (χ4v) is 3.90. The van der Waals surface area contributed by atoms with E-state index in [0.717, 1.165) is 24.8 Å². The Morgan fingerprint density at radius 1 is 0.824 bits per heavy atom. The maximum absolute atomic E-state index is 13.9. The summed E-state index contributed by atoms with van der Waals surface area (Å²) < 4.78 is 103. The van der Waals surface area contributed by atoms with E-state index in [9.17, 15) is 26.3 Å². The van der Waals surface area contributed by atoms with Crippen molar-refractivity contribution in [3.05, 3.63) is 53.1 Å². The van der Waals surface area contributed by atoms with Gasteiger partial charge in [-0.3, -0.25) is 0 Å². The van der Waals surface area contributed by atoms with Crippen LogP contribution in [-0.4, -0.2) is 38.7 Å². The third-order valence-electron chi connectivity index (χ3n) is 5.03. The molecule has 0 aromatic heterocycles. The van der Waals surface area contributed by atoms with Gasteiger partial charge in [0.25, 0.3) is 5.60 Å². The molecule has 0 N–H and O–H groups in total. The third-order valence-corrected chi connectivity index (χ3v) is 5.42. The van der Waals surface area contributed by atoms with Crippen molar-refractivity contribution < 1.29 is 45.3 Å². The van der Waals surface area contributed by atoms with Gasteiger partial charge in [0.1, 0.15) is 24.0 Å². The quantitative estimate of drug-likeness (QED) is 0.164. The number of hydrogen-bond donors (Lipinski definition) is 0. The van der Waals surface area contributed by atoms with Crippen LogP contribution in [0.5, 0.6) is 17.2 Å². The van der Waals surface area contributed by atoms with Crippen molar-refractivity contribution in [2.75, 3.05) is 26.3 Å². The van der Waals surface area contributed by atoms with Crippen LogP contribution in [0.4, 0.5) is 26.3 Å². The highest BCUT2D eigenvalue weighted by Crippen LogP contribution is 2.53. The minimum absolute atomic E-state index is 0.130. The summed E-state index contributed by atoms with van der Waals surface area (Å²) in [6, 6.07) is 7.66. The highest BCUT2D eigenvalue weighted by molar-refractivity contribution is 9.09. The van der Waals surface area contributed by atoms with E-state index in [1.165, 1.54) is 7.11 Å². The summed E-state index contributed by atoms with van der Waals surface area (Å²) in [4.78, 5) is 0. The molecule has 2 aromatic carbocycles. The first-order valence-corrected chi connectivity index (χ1v) is 11.4. The Labute approximate surface area is 202 Å². The minimum atomic E-state index is -5.80. The van der Waals surface area contributed by atoms with Crippen LogP contribution in [0.1, 0.15) is 30.0 Å². The van der Waals surface area contributed by atoms with Crippen molar-refractivity contribution in [1.29, 1.82) is 0 Å². The second-order valence-electron chi connectivity index (χ2n) is 7.31. The Bertz CT molecular complexity index is 932. The van der Waals surface area contributed by atoms with Gasteiger partial charge in [0, 0.05) is 24.1 Å². The van der Waals surface area contributed by atoms with Gasteiger partial charge in [-0.1, -0.05) is 41.4 Å². The molecule has 190 valence electrons. The van der Waals surface area contributed by atoms with E-state index >= 15 is 0 Å². The Morgan fingerprint density at radius 2 is 1.50 bits per heavy atom. The SMILES string of the molecule is CCCc1cc(C(OCOC)(C(F)(F)F)C(F)(F)F)ccc1Oc1ccc(CCBr)c(OC)c1. The number of hydrogen-bond acceptors (Lipinski definition) is 4. The van der Waals surface area contributed by atoms with E-state index in [-0.39, 0.29) is 17.7 Å². The van der Waals surface area contributed by atoms with Gasteiger partial charge in [0.2, 0.25) is 0 Å². The Morgan fingerprint density at radius 3 is 2.03 bits per heavy atom. The number of rotatable bonds is 11. The molecule has 0 unspecified atom stereocenters. The highest BCUT2D eigenvalue weighted by Gasteiger charge is 2.73. The number of alkyl halides is 7. The van der Waals surface area contributed by atoms with Crippen LogP contribution >= 0.6 is 15.9 Å². The molecule has 0 amide bonds. The smallest absolute Gasteiger partial charge is 0.430 e. The molecule has 4 nitrogen and oxygen atoms in total. The van der Waals surface area contributed by atoms with Crippen LogP contribution in [0.15, 0.2) is 36.4 Å². The van der Waals surface area contributed by atoms with E-state index in [0.29, 0.717) is 35.7 Å². The van der Waals surface area contributed by atoms with Crippen molar-refractivity contribution in [2.45, 2.75) is 44.1 Å². The molecular formula is C23H25BrF6O4. The van der Waals surface area contributed by atoms with Gasteiger partial charge in [0.15, 0.2) is 0 Å². The largest absolute Gasteiger partial charge is 0.496 e. The average molecular weight is 559 g/mol. The lowest BCUT2D eigenvalue weighted by atomic mass is 9.89. The lowest BCUT2D eigenvalue weighted by Gasteiger charge is -2.37. The maximum Gasteiger partial charge on any atom is 0.430 e. The number of aryl methyl sites for hydroxylation is 2. The van der Waals surface area contributed by atoms with Crippen molar-refractivity contribution in [1.82, 2.24) is 0 Å². The molecule has 0 radical (unpaired) electrons. The molecule has 0 heterocycles. The maximum atomic E-state index is 13.9. The van der Waals surface area contributed by atoms with E-state index in [1.807, 2.05) is 0 Å². The van der Waals surface area contributed by atoms with Crippen LogP contribution in [0.2, 0.25) is 0 Å². The molecule has 0 saturated carbocycles. The van der Waals surface area contributed by atoms with Gasteiger partial charge in [0.05, 0.1) is 7.11 Å². The fraction of sp³-hybridized carbons (Fsp3) is 0.478. The lowest BCUT2D eigenvalue weighted by molar-refractivity contribution is -0.400. The van der Waals surface area contributed by atoms with Crippen LogP contribution in [0, 0.1) is 0 Å².